The lowest BCUT2D eigenvalue weighted by Crippen LogP contribution is -2.30. The van der Waals surface area contributed by atoms with Crippen LogP contribution in [0.3, 0.4) is 0 Å². The second-order valence-electron chi connectivity index (χ2n) is 4.03. The van der Waals surface area contributed by atoms with Gasteiger partial charge in [-0.2, -0.15) is 0 Å². The highest BCUT2D eigenvalue weighted by atomic mass is 16.6. The molecule has 0 saturated heterocycles. The summed E-state index contributed by atoms with van der Waals surface area (Å²) in [6.45, 7) is 10.7. The Morgan fingerprint density at radius 3 is 2.19 bits per heavy atom. The molecule has 0 radical (unpaired) electrons. The minimum Gasteiger partial charge on any atom is -0.459 e. The van der Waals surface area contributed by atoms with Crippen molar-refractivity contribution < 1.29 is 19.1 Å². The third kappa shape index (κ3) is 4.96. The highest BCUT2D eigenvalue weighted by Crippen LogP contribution is 2.12. The van der Waals surface area contributed by atoms with Gasteiger partial charge >= 0.3 is 11.9 Å². The number of carbonyl (C=O) groups is 2. The van der Waals surface area contributed by atoms with Gasteiger partial charge in [-0.1, -0.05) is 33.4 Å². The van der Waals surface area contributed by atoms with Crippen molar-refractivity contribution >= 4 is 11.9 Å². The van der Waals surface area contributed by atoms with Gasteiger partial charge in [-0.25, -0.2) is 4.79 Å². The molecule has 0 spiro atoms. The fourth-order valence-corrected chi connectivity index (χ4v) is 0.860. The van der Waals surface area contributed by atoms with Crippen LogP contribution in [0.25, 0.3) is 0 Å². The van der Waals surface area contributed by atoms with E-state index in [2.05, 4.69) is 6.58 Å². The van der Waals surface area contributed by atoms with E-state index >= 15 is 0 Å². The fourth-order valence-electron chi connectivity index (χ4n) is 0.860. The summed E-state index contributed by atoms with van der Waals surface area (Å²) < 4.78 is 9.74. The largest absolute Gasteiger partial charge is 0.459 e. The third-order valence-electron chi connectivity index (χ3n) is 2.34. The predicted octanol–water partition coefficient (Wildman–Crippen LogP) is 1.94. The Morgan fingerprint density at radius 2 is 1.75 bits per heavy atom. The summed E-state index contributed by atoms with van der Waals surface area (Å²) in [6, 6.07) is 0. The molecular weight excluding hydrogens is 208 g/mol. The van der Waals surface area contributed by atoms with Crippen LogP contribution in [-0.2, 0) is 19.1 Å². The molecule has 0 amide bonds. The van der Waals surface area contributed by atoms with Gasteiger partial charge in [0.2, 0.25) is 0 Å². The number of hydrogen-bond acceptors (Lipinski definition) is 4. The van der Waals surface area contributed by atoms with Crippen molar-refractivity contribution in [3.63, 3.8) is 0 Å². The maximum absolute atomic E-state index is 11.5. The molecule has 0 aliphatic rings. The lowest BCUT2D eigenvalue weighted by Gasteiger charge is -2.17. The molecule has 4 heteroatoms. The molecule has 0 fully saturated rings. The molecular formula is C12H20O4. The van der Waals surface area contributed by atoms with E-state index in [1.807, 2.05) is 13.8 Å². The molecule has 16 heavy (non-hydrogen) atoms. The van der Waals surface area contributed by atoms with Crippen molar-refractivity contribution in [2.45, 2.75) is 33.8 Å². The predicted molar refractivity (Wildman–Crippen MR) is 60.7 cm³/mol. The van der Waals surface area contributed by atoms with Gasteiger partial charge in [0.15, 0.2) is 6.10 Å². The Labute approximate surface area is 96.6 Å². The highest BCUT2D eigenvalue weighted by molar-refractivity contribution is 5.80. The van der Waals surface area contributed by atoms with Crippen LogP contribution in [0, 0.1) is 11.8 Å². The normalized spacial score (nSPS) is 14.1. The van der Waals surface area contributed by atoms with Gasteiger partial charge in [0.25, 0.3) is 0 Å². The van der Waals surface area contributed by atoms with Crippen LogP contribution >= 0.6 is 0 Å². The van der Waals surface area contributed by atoms with Crippen LogP contribution in [0.1, 0.15) is 27.7 Å². The van der Waals surface area contributed by atoms with E-state index in [0.29, 0.717) is 0 Å². The van der Waals surface area contributed by atoms with Crippen molar-refractivity contribution in [1.82, 2.24) is 0 Å². The second kappa shape index (κ2) is 7.04. The van der Waals surface area contributed by atoms with Gasteiger partial charge in [-0.05, 0) is 12.8 Å². The Hall–Kier alpha value is -1.32. The first-order valence-electron chi connectivity index (χ1n) is 5.38. The van der Waals surface area contributed by atoms with Gasteiger partial charge in [0.05, 0.1) is 5.92 Å². The number of rotatable bonds is 6. The van der Waals surface area contributed by atoms with E-state index in [1.54, 1.807) is 6.92 Å². The smallest absolute Gasteiger partial charge is 0.347 e. The van der Waals surface area contributed by atoms with Crippen LogP contribution in [-0.4, -0.2) is 24.6 Å². The summed E-state index contributed by atoms with van der Waals surface area (Å²) >= 11 is 0. The SMILES string of the molecule is C=CCOC(=O)[C@H](C)OC(=O)[C@H](C)C(C)C. The van der Waals surface area contributed by atoms with Crippen LogP contribution in [0.2, 0.25) is 0 Å². The number of esters is 2. The standard InChI is InChI=1S/C12H20O4/c1-6-7-15-12(14)10(5)16-11(13)9(4)8(2)3/h6,8-10H,1,7H2,2-5H3/t9-,10+/m1/s1. The molecule has 0 saturated carbocycles. The minimum atomic E-state index is -0.867. The van der Waals surface area contributed by atoms with Crippen molar-refractivity contribution in [2.75, 3.05) is 6.61 Å². The molecule has 0 aromatic carbocycles. The Morgan fingerprint density at radius 1 is 1.19 bits per heavy atom. The van der Waals surface area contributed by atoms with Crippen LogP contribution in [0.4, 0.5) is 0 Å². The highest BCUT2D eigenvalue weighted by Gasteiger charge is 2.24. The van der Waals surface area contributed by atoms with E-state index in [0.717, 1.165) is 0 Å². The number of carbonyl (C=O) groups excluding carboxylic acids is 2. The van der Waals surface area contributed by atoms with Gasteiger partial charge in [-0.15, -0.1) is 0 Å². The molecule has 0 N–H and O–H groups in total. The lowest BCUT2D eigenvalue weighted by atomic mass is 9.98. The first-order valence-corrected chi connectivity index (χ1v) is 5.38. The van der Waals surface area contributed by atoms with Gasteiger partial charge < -0.3 is 9.47 Å². The monoisotopic (exact) mass is 228 g/mol. The summed E-state index contributed by atoms with van der Waals surface area (Å²) in [7, 11) is 0. The first-order chi connectivity index (χ1) is 7.40. The van der Waals surface area contributed by atoms with Gasteiger partial charge in [0, 0.05) is 0 Å². The first kappa shape index (κ1) is 14.7. The molecule has 0 heterocycles. The average Bonchev–Trinajstić information content (AvgIpc) is 2.24. The zero-order valence-corrected chi connectivity index (χ0v) is 10.4. The second-order valence-corrected chi connectivity index (χ2v) is 4.03. The molecule has 4 nitrogen and oxygen atoms in total. The fraction of sp³-hybridized carbons (Fsp3) is 0.667. The van der Waals surface area contributed by atoms with Crippen LogP contribution in [0.5, 0.6) is 0 Å². The lowest BCUT2D eigenvalue weighted by molar-refractivity contribution is -0.169. The Kier molecular flexibility index (Phi) is 6.46. The molecule has 0 aromatic heterocycles. The zero-order chi connectivity index (χ0) is 12.7. The van der Waals surface area contributed by atoms with E-state index in [-0.39, 0.29) is 24.4 Å². The molecule has 92 valence electrons. The summed E-state index contributed by atoms with van der Waals surface area (Å²) in [5.74, 6) is -0.971. The third-order valence-corrected chi connectivity index (χ3v) is 2.34. The van der Waals surface area contributed by atoms with Crippen molar-refractivity contribution in [3.05, 3.63) is 12.7 Å². The number of hydrogen-bond donors (Lipinski definition) is 0. The zero-order valence-electron chi connectivity index (χ0n) is 10.4. The molecule has 0 aliphatic carbocycles. The molecule has 2 atom stereocenters. The van der Waals surface area contributed by atoms with Crippen LogP contribution in [0.15, 0.2) is 12.7 Å². The van der Waals surface area contributed by atoms with Gasteiger partial charge in [-0.3, -0.25) is 4.79 Å². The maximum atomic E-state index is 11.5. The molecule has 0 unspecified atom stereocenters. The van der Waals surface area contributed by atoms with E-state index in [9.17, 15) is 9.59 Å². The van der Waals surface area contributed by atoms with Crippen molar-refractivity contribution in [3.8, 4) is 0 Å². The van der Waals surface area contributed by atoms with E-state index < -0.39 is 12.1 Å². The summed E-state index contributed by atoms with van der Waals surface area (Å²) in [5.41, 5.74) is 0. The van der Waals surface area contributed by atoms with Crippen molar-refractivity contribution in [1.29, 1.82) is 0 Å². The maximum Gasteiger partial charge on any atom is 0.347 e. The van der Waals surface area contributed by atoms with E-state index in [4.69, 9.17) is 9.47 Å². The summed E-state index contributed by atoms with van der Waals surface area (Å²) in [4.78, 5) is 22.8. The van der Waals surface area contributed by atoms with Crippen molar-refractivity contribution in [2.24, 2.45) is 11.8 Å². The Balaban J connectivity index is 4.13. The summed E-state index contributed by atoms with van der Waals surface area (Å²) in [6.07, 6.45) is 0.595. The molecule has 0 aromatic rings. The Bertz CT molecular complexity index is 258. The molecule has 0 bridgehead atoms. The quantitative estimate of drug-likeness (QED) is 0.515. The molecule has 0 aliphatic heterocycles. The number of ether oxygens (including phenoxy) is 2. The van der Waals surface area contributed by atoms with Gasteiger partial charge in [0.1, 0.15) is 6.61 Å². The molecule has 0 rings (SSSR count). The van der Waals surface area contributed by atoms with E-state index in [1.165, 1.54) is 13.0 Å². The average molecular weight is 228 g/mol. The topological polar surface area (TPSA) is 52.6 Å². The van der Waals surface area contributed by atoms with Crippen LogP contribution < -0.4 is 0 Å². The summed E-state index contributed by atoms with van der Waals surface area (Å²) in [5, 5.41) is 0. The minimum absolute atomic E-state index is 0.125.